The third-order valence-corrected chi connectivity index (χ3v) is 4.46. The zero-order valence-corrected chi connectivity index (χ0v) is 15.0. The largest absolute Gasteiger partial charge is 0.378 e. The van der Waals surface area contributed by atoms with Gasteiger partial charge in [0.15, 0.2) is 5.13 Å². The van der Waals surface area contributed by atoms with E-state index in [1.165, 1.54) is 23.5 Å². The number of aromatic nitrogens is 1. The highest BCUT2D eigenvalue weighted by Crippen LogP contribution is 2.27. The molecular weight excluding hydrogens is 352 g/mol. The van der Waals surface area contributed by atoms with Crippen molar-refractivity contribution >= 4 is 33.8 Å². The minimum absolute atomic E-state index is 0.00147. The van der Waals surface area contributed by atoms with Crippen LogP contribution < -0.4 is 10.2 Å². The molecule has 8 heteroatoms. The fourth-order valence-electron chi connectivity index (χ4n) is 2.34. The first-order chi connectivity index (χ1) is 12.4. The number of amides is 1. The fraction of sp³-hybridized carbons (Fsp3) is 0.111. The van der Waals surface area contributed by atoms with Gasteiger partial charge < -0.3 is 4.90 Å². The van der Waals surface area contributed by atoms with Crippen LogP contribution in [-0.4, -0.2) is 29.9 Å². The van der Waals surface area contributed by atoms with Gasteiger partial charge in [-0.2, -0.15) is 0 Å². The molecule has 26 heavy (non-hydrogen) atoms. The summed E-state index contributed by atoms with van der Waals surface area (Å²) in [5.41, 5.74) is 2.67. The number of hydrogen-bond acceptors (Lipinski definition) is 6. The Morgan fingerprint density at radius 3 is 2.69 bits per heavy atom. The summed E-state index contributed by atoms with van der Waals surface area (Å²) in [6.07, 6.45) is 0. The smallest absolute Gasteiger partial charge is 0.270 e. The van der Waals surface area contributed by atoms with Gasteiger partial charge in [0.25, 0.3) is 11.6 Å². The number of carbonyl (C=O) groups excluding carboxylic acids is 1. The summed E-state index contributed by atoms with van der Waals surface area (Å²) in [6, 6.07) is 13.5. The van der Waals surface area contributed by atoms with Gasteiger partial charge in [0.1, 0.15) is 0 Å². The first-order valence-electron chi connectivity index (χ1n) is 7.73. The van der Waals surface area contributed by atoms with Crippen LogP contribution >= 0.6 is 11.3 Å². The molecule has 0 saturated heterocycles. The molecule has 0 bridgehead atoms. The lowest BCUT2D eigenvalue weighted by atomic mass is 10.1. The van der Waals surface area contributed by atoms with Crippen molar-refractivity contribution in [3.8, 4) is 11.3 Å². The molecule has 0 aliphatic heterocycles. The molecule has 0 fully saturated rings. The molecule has 7 nitrogen and oxygen atoms in total. The molecule has 1 N–H and O–H groups in total. The number of nitro groups is 1. The second kappa shape index (κ2) is 7.32. The van der Waals surface area contributed by atoms with Crippen LogP contribution in [0.5, 0.6) is 0 Å². The third-order valence-electron chi connectivity index (χ3n) is 3.70. The molecule has 0 saturated carbocycles. The van der Waals surface area contributed by atoms with Gasteiger partial charge in [-0.05, 0) is 18.2 Å². The van der Waals surface area contributed by atoms with Crippen molar-refractivity contribution in [2.45, 2.75) is 0 Å². The van der Waals surface area contributed by atoms with Crippen LogP contribution in [0, 0.1) is 10.1 Å². The molecule has 0 aliphatic carbocycles. The van der Waals surface area contributed by atoms with Crippen LogP contribution in [0.25, 0.3) is 11.3 Å². The second-order valence-corrected chi connectivity index (χ2v) is 6.60. The molecule has 2 aromatic carbocycles. The van der Waals surface area contributed by atoms with E-state index in [0.717, 1.165) is 5.69 Å². The zero-order valence-electron chi connectivity index (χ0n) is 14.2. The molecule has 3 rings (SSSR count). The predicted octanol–water partition coefficient (Wildman–Crippen LogP) is 4.04. The Kier molecular flexibility index (Phi) is 4.94. The van der Waals surface area contributed by atoms with E-state index in [0.29, 0.717) is 22.0 Å². The van der Waals surface area contributed by atoms with Crippen LogP contribution in [0.3, 0.4) is 0 Å². The Morgan fingerprint density at radius 2 is 1.96 bits per heavy atom. The molecule has 1 amide bonds. The lowest BCUT2D eigenvalue weighted by Crippen LogP contribution is -2.14. The summed E-state index contributed by atoms with van der Waals surface area (Å²) in [5, 5.41) is 15.9. The highest BCUT2D eigenvalue weighted by Gasteiger charge is 2.13. The van der Waals surface area contributed by atoms with E-state index in [-0.39, 0.29) is 11.6 Å². The van der Waals surface area contributed by atoms with Crippen molar-refractivity contribution in [1.82, 2.24) is 4.98 Å². The average molecular weight is 368 g/mol. The minimum atomic E-state index is -0.448. The normalized spacial score (nSPS) is 10.4. The van der Waals surface area contributed by atoms with Gasteiger partial charge in [0.05, 0.1) is 10.6 Å². The number of hydrogen-bond donors (Lipinski definition) is 1. The van der Waals surface area contributed by atoms with E-state index in [1.807, 2.05) is 31.1 Å². The maximum Gasteiger partial charge on any atom is 0.270 e. The SMILES string of the molecule is CN(C)c1cccc(C(=O)Nc2nc(-c3cccc([N+](=O)[O-])c3)cs2)c1. The van der Waals surface area contributed by atoms with Crippen molar-refractivity contribution in [1.29, 1.82) is 0 Å². The number of carbonyl (C=O) groups is 1. The maximum absolute atomic E-state index is 12.4. The fourth-order valence-corrected chi connectivity index (χ4v) is 3.05. The molecule has 0 aliphatic rings. The summed E-state index contributed by atoms with van der Waals surface area (Å²) in [4.78, 5) is 29.1. The molecule has 0 radical (unpaired) electrons. The van der Waals surface area contributed by atoms with Gasteiger partial charge in [-0.15, -0.1) is 11.3 Å². The van der Waals surface area contributed by atoms with Crippen molar-refractivity contribution in [3.05, 3.63) is 69.6 Å². The van der Waals surface area contributed by atoms with Crippen LogP contribution in [0.2, 0.25) is 0 Å². The molecule has 1 heterocycles. The number of non-ortho nitro benzene ring substituents is 1. The van der Waals surface area contributed by atoms with Gasteiger partial charge in [0, 0.05) is 48.4 Å². The van der Waals surface area contributed by atoms with Crippen molar-refractivity contribution in [3.63, 3.8) is 0 Å². The average Bonchev–Trinajstić information content (AvgIpc) is 3.10. The third kappa shape index (κ3) is 3.86. The number of thiazole rings is 1. The first kappa shape index (κ1) is 17.6. The Labute approximate surface area is 154 Å². The number of rotatable bonds is 5. The summed E-state index contributed by atoms with van der Waals surface area (Å²) < 4.78 is 0. The topological polar surface area (TPSA) is 88.4 Å². The number of benzene rings is 2. The molecular formula is C18H16N4O3S. The Hall–Kier alpha value is -3.26. The number of nitro benzene ring substituents is 1. The van der Waals surface area contributed by atoms with Crippen LogP contribution in [0.4, 0.5) is 16.5 Å². The van der Waals surface area contributed by atoms with Gasteiger partial charge in [-0.3, -0.25) is 20.2 Å². The summed E-state index contributed by atoms with van der Waals surface area (Å²) in [5.74, 6) is -0.256. The van der Waals surface area contributed by atoms with Crippen molar-refractivity contribution in [2.24, 2.45) is 0 Å². The first-order valence-corrected chi connectivity index (χ1v) is 8.61. The monoisotopic (exact) mass is 368 g/mol. The number of nitrogens with zero attached hydrogens (tertiary/aromatic N) is 3. The lowest BCUT2D eigenvalue weighted by molar-refractivity contribution is -0.384. The lowest BCUT2D eigenvalue weighted by Gasteiger charge is -2.13. The van der Waals surface area contributed by atoms with E-state index in [2.05, 4.69) is 10.3 Å². The molecule has 0 atom stereocenters. The Bertz CT molecular complexity index is 968. The van der Waals surface area contributed by atoms with Crippen LogP contribution in [-0.2, 0) is 0 Å². The van der Waals surface area contributed by atoms with Gasteiger partial charge >= 0.3 is 0 Å². The van der Waals surface area contributed by atoms with Crippen LogP contribution in [0.15, 0.2) is 53.9 Å². The van der Waals surface area contributed by atoms with E-state index >= 15 is 0 Å². The summed E-state index contributed by atoms with van der Waals surface area (Å²) in [7, 11) is 3.81. The molecule has 0 spiro atoms. The standard InChI is InChI=1S/C18H16N4O3S/c1-21(2)14-7-4-6-13(10-14)17(23)20-18-19-16(11-26-18)12-5-3-8-15(9-12)22(24)25/h3-11H,1-2H3,(H,19,20,23). The number of nitrogens with one attached hydrogen (secondary N) is 1. The summed E-state index contributed by atoms with van der Waals surface area (Å²) in [6.45, 7) is 0. The van der Waals surface area contributed by atoms with E-state index < -0.39 is 4.92 Å². The van der Waals surface area contributed by atoms with E-state index in [9.17, 15) is 14.9 Å². The van der Waals surface area contributed by atoms with E-state index in [4.69, 9.17) is 0 Å². The number of anilines is 2. The van der Waals surface area contributed by atoms with Gasteiger partial charge in [-0.1, -0.05) is 18.2 Å². The maximum atomic E-state index is 12.4. The van der Waals surface area contributed by atoms with Crippen LogP contribution in [0.1, 0.15) is 10.4 Å². The highest BCUT2D eigenvalue weighted by atomic mass is 32.1. The molecule has 0 unspecified atom stereocenters. The Balaban J connectivity index is 1.78. The van der Waals surface area contributed by atoms with Gasteiger partial charge in [0.2, 0.25) is 0 Å². The van der Waals surface area contributed by atoms with Gasteiger partial charge in [-0.25, -0.2) is 4.98 Å². The quantitative estimate of drug-likeness (QED) is 0.542. The van der Waals surface area contributed by atoms with Crippen molar-refractivity contribution in [2.75, 3.05) is 24.3 Å². The Morgan fingerprint density at radius 1 is 1.19 bits per heavy atom. The zero-order chi connectivity index (χ0) is 18.7. The van der Waals surface area contributed by atoms with Crippen molar-refractivity contribution < 1.29 is 9.72 Å². The predicted molar refractivity (Wildman–Crippen MR) is 103 cm³/mol. The highest BCUT2D eigenvalue weighted by molar-refractivity contribution is 7.14. The molecule has 3 aromatic rings. The molecule has 1 aromatic heterocycles. The minimum Gasteiger partial charge on any atom is -0.378 e. The second-order valence-electron chi connectivity index (χ2n) is 5.74. The van der Waals surface area contributed by atoms with E-state index in [1.54, 1.807) is 29.6 Å². The summed E-state index contributed by atoms with van der Waals surface area (Å²) >= 11 is 1.27. The molecule has 132 valence electrons.